The van der Waals surface area contributed by atoms with E-state index in [2.05, 4.69) is 32.7 Å². The maximum atomic E-state index is 5.74. The molecule has 0 aliphatic carbocycles. The fourth-order valence-corrected chi connectivity index (χ4v) is 2.14. The smallest absolute Gasteiger partial charge is 0.0828 e. The van der Waals surface area contributed by atoms with E-state index < -0.39 is 0 Å². The first-order valence-corrected chi connectivity index (χ1v) is 6.10. The van der Waals surface area contributed by atoms with Crippen molar-refractivity contribution < 1.29 is 4.74 Å². The zero-order valence-corrected chi connectivity index (χ0v) is 10.8. The SMILES string of the molecule is C=CCC(NCCC)C(CC)(CC)OC. The Morgan fingerprint density at radius 2 is 1.93 bits per heavy atom. The summed E-state index contributed by atoms with van der Waals surface area (Å²) in [5.74, 6) is 0. The summed E-state index contributed by atoms with van der Waals surface area (Å²) in [6, 6.07) is 0.384. The molecule has 0 bridgehead atoms. The molecule has 0 saturated carbocycles. The van der Waals surface area contributed by atoms with E-state index in [9.17, 15) is 0 Å². The minimum absolute atomic E-state index is 0.0383. The van der Waals surface area contributed by atoms with E-state index >= 15 is 0 Å². The van der Waals surface area contributed by atoms with E-state index in [1.807, 2.05) is 13.2 Å². The Labute approximate surface area is 95.1 Å². The van der Waals surface area contributed by atoms with Crippen molar-refractivity contribution in [3.8, 4) is 0 Å². The Balaban J connectivity index is 4.57. The minimum atomic E-state index is -0.0383. The van der Waals surface area contributed by atoms with Crippen LogP contribution in [0.5, 0.6) is 0 Å². The lowest BCUT2D eigenvalue weighted by Crippen LogP contribution is -2.51. The second-order valence-corrected chi connectivity index (χ2v) is 4.01. The number of hydrogen-bond acceptors (Lipinski definition) is 2. The Morgan fingerprint density at radius 1 is 1.33 bits per heavy atom. The van der Waals surface area contributed by atoms with Crippen molar-refractivity contribution in [1.82, 2.24) is 5.32 Å². The van der Waals surface area contributed by atoms with Gasteiger partial charge < -0.3 is 10.1 Å². The van der Waals surface area contributed by atoms with Gasteiger partial charge in [0.05, 0.1) is 5.60 Å². The van der Waals surface area contributed by atoms with Crippen molar-refractivity contribution >= 4 is 0 Å². The maximum Gasteiger partial charge on any atom is 0.0828 e. The molecule has 0 spiro atoms. The van der Waals surface area contributed by atoms with E-state index in [-0.39, 0.29) is 5.60 Å². The van der Waals surface area contributed by atoms with Crippen molar-refractivity contribution in [3.05, 3.63) is 12.7 Å². The van der Waals surface area contributed by atoms with Gasteiger partial charge in [-0.15, -0.1) is 6.58 Å². The summed E-state index contributed by atoms with van der Waals surface area (Å²) in [6.45, 7) is 11.4. The summed E-state index contributed by atoms with van der Waals surface area (Å²) in [6.07, 6.45) is 6.17. The average Bonchev–Trinajstić information content (AvgIpc) is 2.28. The van der Waals surface area contributed by atoms with Gasteiger partial charge in [-0.25, -0.2) is 0 Å². The monoisotopic (exact) mass is 213 g/mol. The molecule has 2 heteroatoms. The molecular weight excluding hydrogens is 186 g/mol. The van der Waals surface area contributed by atoms with Crippen LogP contribution < -0.4 is 5.32 Å². The average molecular weight is 213 g/mol. The van der Waals surface area contributed by atoms with E-state index in [0.717, 1.165) is 32.2 Å². The highest BCUT2D eigenvalue weighted by Gasteiger charge is 2.34. The molecule has 0 fully saturated rings. The van der Waals surface area contributed by atoms with Gasteiger partial charge in [0, 0.05) is 13.2 Å². The van der Waals surface area contributed by atoms with Crippen molar-refractivity contribution in [2.45, 2.75) is 58.1 Å². The molecule has 90 valence electrons. The lowest BCUT2D eigenvalue weighted by Gasteiger charge is -2.38. The molecule has 0 aliphatic rings. The van der Waals surface area contributed by atoms with Gasteiger partial charge in [-0.2, -0.15) is 0 Å². The van der Waals surface area contributed by atoms with Crippen molar-refractivity contribution in [2.24, 2.45) is 0 Å². The van der Waals surface area contributed by atoms with Gasteiger partial charge in [0.15, 0.2) is 0 Å². The third-order valence-electron chi connectivity index (χ3n) is 3.28. The van der Waals surface area contributed by atoms with Crippen LogP contribution in [-0.2, 0) is 4.74 Å². The zero-order valence-electron chi connectivity index (χ0n) is 10.8. The zero-order chi connectivity index (χ0) is 11.7. The van der Waals surface area contributed by atoms with Crippen LogP contribution in [0.1, 0.15) is 46.5 Å². The predicted octanol–water partition coefficient (Wildman–Crippen LogP) is 3.14. The number of methoxy groups -OCH3 is 1. The summed E-state index contributed by atoms with van der Waals surface area (Å²) in [4.78, 5) is 0. The van der Waals surface area contributed by atoms with Crippen molar-refractivity contribution in [1.29, 1.82) is 0 Å². The van der Waals surface area contributed by atoms with Crippen LogP contribution in [0.3, 0.4) is 0 Å². The van der Waals surface area contributed by atoms with Crippen molar-refractivity contribution in [3.63, 3.8) is 0 Å². The summed E-state index contributed by atoms with van der Waals surface area (Å²) < 4.78 is 5.74. The Kier molecular flexibility index (Phi) is 7.71. The molecule has 15 heavy (non-hydrogen) atoms. The first-order chi connectivity index (χ1) is 7.20. The lowest BCUT2D eigenvalue weighted by atomic mass is 9.86. The quantitative estimate of drug-likeness (QED) is 0.594. The topological polar surface area (TPSA) is 21.3 Å². The minimum Gasteiger partial charge on any atom is -0.377 e. The van der Waals surface area contributed by atoms with Crippen LogP contribution in [0.4, 0.5) is 0 Å². The molecule has 1 N–H and O–H groups in total. The number of ether oxygens (including phenoxy) is 1. The Morgan fingerprint density at radius 3 is 2.27 bits per heavy atom. The molecule has 0 saturated heterocycles. The van der Waals surface area contributed by atoms with Crippen LogP contribution >= 0.6 is 0 Å². The molecule has 0 aromatic heterocycles. The molecule has 0 radical (unpaired) electrons. The van der Waals surface area contributed by atoms with E-state index in [4.69, 9.17) is 4.74 Å². The number of nitrogens with one attached hydrogen (secondary N) is 1. The third-order valence-corrected chi connectivity index (χ3v) is 3.28. The third kappa shape index (κ3) is 3.96. The van der Waals surface area contributed by atoms with Gasteiger partial charge in [0.1, 0.15) is 0 Å². The predicted molar refractivity (Wildman–Crippen MR) is 67.2 cm³/mol. The largest absolute Gasteiger partial charge is 0.377 e. The Bertz CT molecular complexity index is 156. The molecule has 0 aromatic rings. The van der Waals surface area contributed by atoms with Crippen LogP contribution in [0.2, 0.25) is 0 Å². The van der Waals surface area contributed by atoms with Crippen LogP contribution in [0, 0.1) is 0 Å². The van der Waals surface area contributed by atoms with E-state index in [1.165, 1.54) is 0 Å². The second-order valence-electron chi connectivity index (χ2n) is 4.01. The van der Waals surface area contributed by atoms with E-state index in [0.29, 0.717) is 6.04 Å². The fourth-order valence-electron chi connectivity index (χ4n) is 2.14. The van der Waals surface area contributed by atoms with E-state index in [1.54, 1.807) is 0 Å². The molecule has 1 atom stereocenters. The number of rotatable bonds is 9. The molecule has 0 amide bonds. The molecule has 0 aliphatic heterocycles. The normalized spacial score (nSPS) is 13.9. The maximum absolute atomic E-state index is 5.74. The highest BCUT2D eigenvalue weighted by atomic mass is 16.5. The summed E-state index contributed by atoms with van der Waals surface area (Å²) in [5.41, 5.74) is -0.0383. The Hall–Kier alpha value is -0.340. The van der Waals surface area contributed by atoms with Crippen LogP contribution in [0.15, 0.2) is 12.7 Å². The van der Waals surface area contributed by atoms with Gasteiger partial charge in [-0.3, -0.25) is 0 Å². The van der Waals surface area contributed by atoms with Gasteiger partial charge in [0.2, 0.25) is 0 Å². The van der Waals surface area contributed by atoms with Crippen LogP contribution in [0.25, 0.3) is 0 Å². The first kappa shape index (κ1) is 14.7. The number of hydrogen-bond donors (Lipinski definition) is 1. The van der Waals surface area contributed by atoms with Crippen LogP contribution in [-0.4, -0.2) is 25.3 Å². The van der Waals surface area contributed by atoms with Gasteiger partial charge in [-0.1, -0.05) is 26.8 Å². The first-order valence-electron chi connectivity index (χ1n) is 6.10. The molecule has 1 unspecified atom stereocenters. The highest BCUT2D eigenvalue weighted by molar-refractivity contribution is 4.94. The molecular formula is C13H27NO. The molecule has 0 heterocycles. The summed E-state index contributed by atoms with van der Waals surface area (Å²) >= 11 is 0. The highest BCUT2D eigenvalue weighted by Crippen LogP contribution is 2.26. The van der Waals surface area contributed by atoms with Gasteiger partial charge in [0.25, 0.3) is 0 Å². The fraction of sp³-hybridized carbons (Fsp3) is 0.846. The molecule has 0 rings (SSSR count). The van der Waals surface area contributed by atoms with Crippen molar-refractivity contribution in [2.75, 3.05) is 13.7 Å². The molecule has 2 nitrogen and oxygen atoms in total. The second kappa shape index (κ2) is 7.89. The standard InChI is InChI=1S/C13H27NO/c1-6-10-12(14-11-7-2)13(8-3,9-4)15-5/h6,12,14H,1,7-11H2,2-5H3. The summed E-state index contributed by atoms with van der Waals surface area (Å²) in [7, 11) is 1.82. The molecule has 0 aromatic carbocycles. The lowest BCUT2D eigenvalue weighted by molar-refractivity contribution is -0.0465. The summed E-state index contributed by atoms with van der Waals surface area (Å²) in [5, 5.41) is 3.57. The van der Waals surface area contributed by atoms with Gasteiger partial charge in [-0.05, 0) is 32.2 Å². The van der Waals surface area contributed by atoms with Gasteiger partial charge >= 0.3 is 0 Å².